The van der Waals surface area contributed by atoms with E-state index in [0.29, 0.717) is 12.5 Å². The molecule has 18 heavy (non-hydrogen) atoms. The second-order valence-electron chi connectivity index (χ2n) is 5.71. The van der Waals surface area contributed by atoms with Gasteiger partial charge >= 0.3 is 5.97 Å². The average Bonchev–Trinajstić information content (AvgIpc) is 2.31. The van der Waals surface area contributed by atoms with E-state index in [1.165, 1.54) is 12.7 Å². The second kappa shape index (κ2) is 5.27. The lowest BCUT2D eigenvalue weighted by atomic mass is 9.63. The molecule has 0 aliphatic heterocycles. The number of carbonyl (C=O) groups is 1. The van der Waals surface area contributed by atoms with Gasteiger partial charge in [-0.05, 0) is 20.8 Å². The maximum absolute atomic E-state index is 11.9. The van der Waals surface area contributed by atoms with Crippen molar-refractivity contribution < 1.29 is 14.3 Å². The molecule has 0 heterocycles. The highest BCUT2D eigenvalue weighted by molar-refractivity contribution is 5.78. The molecule has 0 N–H and O–H groups in total. The SMILES string of the molecule is COCC1C=CC(C)(C(C)(C)C(=O)OC)C=C1C. The highest BCUT2D eigenvalue weighted by Crippen LogP contribution is 2.46. The average molecular weight is 252 g/mol. The first-order valence-corrected chi connectivity index (χ1v) is 6.24. The summed E-state index contributed by atoms with van der Waals surface area (Å²) < 4.78 is 10.1. The van der Waals surface area contributed by atoms with Crippen LogP contribution in [0.1, 0.15) is 27.7 Å². The van der Waals surface area contributed by atoms with Gasteiger partial charge in [0.1, 0.15) is 0 Å². The van der Waals surface area contributed by atoms with Crippen molar-refractivity contribution in [1.82, 2.24) is 0 Å². The predicted molar refractivity (Wildman–Crippen MR) is 72.2 cm³/mol. The minimum Gasteiger partial charge on any atom is -0.469 e. The Kier molecular flexibility index (Phi) is 4.38. The molecular weight excluding hydrogens is 228 g/mol. The number of carbonyl (C=O) groups excluding carboxylic acids is 1. The Balaban J connectivity index is 3.04. The fourth-order valence-electron chi connectivity index (χ4n) is 2.33. The lowest BCUT2D eigenvalue weighted by molar-refractivity contribution is -0.154. The van der Waals surface area contributed by atoms with Gasteiger partial charge in [-0.3, -0.25) is 4.79 Å². The van der Waals surface area contributed by atoms with E-state index >= 15 is 0 Å². The Hall–Kier alpha value is -1.09. The summed E-state index contributed by atoms with van der Waals surface area (Å²) in [6.45, 7) is 8.66. The summed E-state index contributed by atoms with van der Waals surface area (Å²) in [4.78, 5) is 11.9. The minimum absolute atomic E-state index is 0.191. The Morgan fingerprint density at radius 1 is 1.44 bits per heavy atom. The van der Waals surface area contributed by atoms with Crippen molar-refractivity contribution in [3.63, 3.8) is 0 Å². The number of rotatable bonds is 4. The van der Waals surface area contributed by atoms with Crippen LogP contribution in [0.3, 0.4) is 0 Å². The number of allylic oxidation sites excluding steroid dienone is 2. The molecule has 2 atom stereocenters. The molecule has 1 aliphatic rings. The van der Waals surface area contributed by atoms with Gasteiger partial charge in [0.2, 0.25) is 0 Å². The van der Waals surface area contributed by atoms with E-state index in [0.717, 1.165) is 0 Å². The largest absolute Gasteiger partial charge is 0.469 e. The minimum atomic E-state index is -0.586. The normalized spacial score (nSPS) is 27.9. The van der Waals surface area contributed by atoms with Crippen LogP contribution < -0.4 is 0 Å². The van der Waals surface area contributed by atoms with E-state index in [-0.39, 0.29) is 11.4 Å². The summed E-state index contributed by atoms with van der Waals surface area (Å²) in [6, 6.07) is 0. The molecule has 0 saturated heterocycles. The molecule has 0 spiro atoms. The first kappa shape index (κ1) is 15.0. The number of hydrogen-bond acceptors (Lipinski definition) is 3. The molecule has 3 heteroatoms. The predicted octanol–water partition coefficient (Wildman–Crippen LogP) is 2.97. The van der Waals surface area contributed by atoms with Gasteiger partial charge in [-0.2, -0.15) is 0 Å². The zero-order valence-corrected chi connectivity index (χ0v) is 12.2. The van der Waals surface area contributed by atoms with E-state index in [2.05, 4.69) is 32.1 Å². The van der Waals surface area contributed by atoms with Crippen LogP contribution in [0.25, 0.3) is 0 Å². The number of hydrogen-bond donors (Lipinski definition) is 0. The zero-order valence-electron chi connectivity index (χ0n) is 12.2. The van der Waals surface area contributed by atoms with Gasteiger partial charge in [-0.15, -0.1) is 0 Å². The van der Waals surface area contributed by atoms with Crippen LogP contribution in [-0.4, -0.2) is 26.8 Å². The van der Waals surface area contributed by atoms with Gasteiger partial charge in [0.05, 0.1) is 19.1 Å². The molecule has 0 aromatic carbocycles. The first-order chi connectivity index (χ1) is 8.28. The van der Waals surface area contributed by atoms with Crippen LogP contribution in [0.5, 0.6) is 0 Å². The van der Waals surface area contributed by atoms with E-state index in [1.807, 2.05) is 13.8 Å². The highest BCUT2D eigenvalue weighted by atomic mass is 16.5. The third-order valence-electron chi connectivity index (χ3n) is 4.18. The smallest absolute Gasteiger partial charge is 0.312 e. The Bertz CT molecular complexity index is 379. The Morgan fingerprint density at radius 3 is 2.50 bits per heavy atom. The van der Waals surface area contributed by atoms with Crippen LogP contribution in [0.2, 0.25) is 0 Å². The van der Waals surface area contributed by atoms with Crippen LogP contribution in [0.15, 0.2) is 23.8 Å². The van der Waals surface area contributed by atoms with Crippen molar-refractivity contribution in [2.45, 2.75) is 27.7 Å². The number of ether oxygens (including phenoxy) is 2. The maximum atomic E-state index is 11.9. The summed E-state index contributed by atoms with van der Waals surface area (Å²) in [6.07, 6.45) is 6.39. The first-order valence-electron chi connectivity index (χ1n) is 6.24. The van der Waals surface area contributed by atoms with Gasteiger partial charge < -0.3 is 9.47 Å². The van der Waals surface area contributed by atoms with Gasteiger partial charge in [0.25, 0.3) is 0 Å². The van der Waals surface area contributed by atoms with Crippen molar-refractivity contribution in [2.24, 2.45) is 16.7 Å². The molecule has 0 radical (unpaired) electrons. The van der Waals surface area contributed by atoms with E-state index in [1.54, 1.807) is 7.11 Å². The van der Waals surface area contributed by atoms with E-state index < -0.39 is 5.41 Å². The van der Waals surface area contributed by atoms with Gasteiger partial charge in [0.15, 0.2) is 0 Å². The fraction of sp³-hybridized carbons (Fsp3) is 0.667. The Morgan fingerprint density at radius 2 is 2.06 bits per heavy atom. The Labute approximate surface area is 110 Å². The maximum Gasteiger partial charge on any atom is 0.312 e. The van der Waals surface area contributed by atoms with Gasteiger partial charge in [-0.25, -0.2) is 0 Å². The lowest BCUT2D eigenvalue weighted by Crippen LogP contribution is -2.41. The second-order valence-corrected chi connectivity index (χ2v) is 5.71. The quantitative estimate of drug-likeness (QED) is 0.570. The van der Waals surface area contributed by atoms with Crippen molar-refractivity contribution in [1.29, 1.82) is 0 Å². The fourth-order valence-corrected chi connectivity index (χ4v) is 2.33. The van der Waals surface area contributed by atoms with Crippen molar-refractivity contribution >= 4 is 5.97 Å². The molecular formula is C15H24O3. The molecule has 0 bridgehead atoms. The molecule has 3 nitrogen and oxygen atoms in total. The summed E-state index contributed by atoms with van der Waals surface area (Å²) in [5, 5.41) is 0. The molecule has 0 saturated carbocycles. The van der Waals surface area contributed by atoms with Crippen molar-refractivity contribution in [2.75, 3.05) is 20.8 Å². The number of esters is 1. The van der Waals surface area contributed by atoms with Crippen molar-refractivity contribution in [3.05, 3.63) is 23.8 Å². The van der Waals surface area contributed by atoms with Crippen LogP contribution in [0.4, 0.5) is 0 Å². The topological polar surface area (TPSA) is 35.5 Å². The summed E-state index contributed by atoms with van der Waals surface area (Å²) in [7, 11) is 3.14. The molecule has 1 aliphatic carbocycles. The van der Waals surface area contributed by atoms with Crippen molar-refractivity contribution in [3.8, 4) is 0 Å². The van der Waals surface area contributed by atoms with Gasteiger partial charge in [0, 0.05) is 18.4 Å². The molecule has 0 aromatic rings. The lowest BCUT2D eigenvalue weighted by Gasteiger charge is -2.40. The number of methoxy groups -OCH3 is 2. The van der Waals surface area contributed by atoms with E-state index in [9.17, 15) is 4.79 Å². The molecule has 0 fully saturated rings. The zero-order chi connectivity index (χ0) is 14.0. The molecule has 0 amide bonds. The van der Waals surface area contributed by atoms with E-state index in [4.69, 9.17) is 9.47 Å². The molecule has 2 unspecified atom stereocenters. The third-order valence-corrected chi connectivity index (χ3v) is 4.18. The molecule has 0 aromatic heterocycles. The summed E-state index contributed by atoms with van der Waals surface area (Å²) in [5.41, 5.74) is 0.324. The standard InChI is InChI=1S/C15H24O3/c1-11-9-15(4,8-7-12(11)10-17-5)14(2,3)13(16)18-6/h7-9,12H,10H2,1-6H3. The van der Waals surface area contributed by atoms with Crippen LogP contribution >= 0.6 is 0 Å². The van der Waals surface area contributed by atoms with Gasteiger partial charge in [-0.1, -0.05) is 30.7 Å². The third kappa shape index (κ3) is 2.51. The summed E-state index contributed by atoms with van der Waals surface area (Å²) in [5.74, 6) is 0.111. The molecule has 102 valence electrons. The highest BCUT2D eigenvalue weighted by Gasteiger charge is 2.45. The van der Waals surface area contributed by atoms with Crippen LogP contribution in [0, 0.1) is 16.7 Å². The monoisotopic (exact) mass is 252 g/mol. The molecule has 1 rings (SSSR count). The van der Waals surface area contributed by atoms with Crippen LogP contribution in [-0.2, 0) is 14.3 Å². The summed E-state index contributed by atoms with van der Waals surface area (Å²) >= 11 is 0.